The summed E-state index contributed by atoms with van der Waals surface area (Å²) in [6, 6.07) is 7.78. The average molecular weight is 313 g/mol. The van der Waals surface area contributed by atoms with E-state index in [4.69, 9.17) is 11.6 Å². The van der Waals surface area contributed by atoms with E-state index in [9.17, 15) is 4.79 Å². The number of para-hydroxylation sites is 1. The van der Waals surface area contributed by atoms with Crippen LogP contribution < -0.4 is 10.6 Å². The van der Waals surface area contributed by atoms with Crippen molar-refractivity contribution < 1.29 is 4.79 Å². The molecule has 110 valence electrons. The van der Waals surface area contributed by atoms with Gasteiger partial charge in [-0.05, 0) is 37.7 Å². The van der Waals surface area contributed by atoms with Gasteiger partial charge in [0.25, 0.3) is 0 Å². The van der Waals surface area contributed by atoms with Crippen LogP contribution in [0.5, 0.6) is 0 Å². The monoisotopic (exact) mass is 312 g/mol. The van der Waals surface area contributed by atoms with Gasteiger partial charge in [-0.3, -0.25) is 4.79 Å². The molecular formula is C15H21ClN2OS. The first-order valence-electron chi connectivity index (χ1n) is 6.99. The Kier molecular flexibility index (Phi) is 6.05. The topological polar surface area (TPSA) is 41.1 Å². The molecule has 1 amide bonds. The predicted molar refractivity (Wildman–Crippen MR) is 87.6 cm³/mol. The lowest BCUT2D eigenvalue weighted by molar-refractivity contribution is -0.120. The molecule has 0 heterocycles. The first-order valence-corrected chi connectivity index (χ1v) is 8.66. The summed E-state index contributed by atoms with van der Waals surface area (Å²) in [4.78, 5) is 12.0. The Balaban J connectivity index is 1.77. The normalized spacial score (nSPS) is 22.3. The van der Waals surface area contributed by atoms with Crippen molar-refractivity contribution in [2.24, 2.45) is 0 Å². The van der Waals surface area contributed by atoms with Crippen LogP contribution in [-0.2, 0) is 4.79 Å². The van der Waals surface area contributed by atoms with Crippen LogP contribution in [0.2, 0.25) is 5.02 Å². The molecule has 1 fully saturated rings. The number of benzene rings is 1. The van der Waals surface area contributed by atoms with Gasteiger partial charge in [0.15, 0.2) is 0 Å². The van der Waals surface area contributed by atoms with Crippen LogP contribution in [0.25, 0.3) is 0 Å². The van der Waals surface area contributed by atoms with E-state index in [1.807, 2.05) is 36.0 Å². The molecule has 1 aromatic rings. The van der Waals surface area contributed by atoms with Crippen molar-refractivity contribution in [2.45, 2.75) is 37.0 Å². The summed E-state index contributed by atoms with van der Waals surface area (Å²) >= 11 is 7.94. The largest absolute Gasteiger partial charge is 0.375 e. The van der Waals surface area contributed by atoms with Crippen molar-refractivity contribution in [3.05, 3.63) is 29.3 Å². The molecule has 2 N–H and O–H groups in total. The van der Waals surface area contributed by atoms with Gasteiger partial charge in [-0.2, -0.15) is 11.8 Å². The lowest BCUT2D eigenvalue weighted by Crippen LogP contribution is -2.41. The number of carbonyl (C=O) groups excluding carboxylic acids is 1. The number of anilines is 1. The van der Waals surface area contributed by atoms with Gasteiger partial charge >= 0.3 is 0 Å². The standard InChI is InChI=1S/C15H21ClN2OS/c1-20-12-6-4-5-11(9-12)18-15(19)10-17-14-8-3-2-7-13(14)16/h2-3,7-8,11-12,17H,4-6,9-10H2,1H3,(H,18,19)/t11-,12+/m1/s1. The predicted octanol–water partition coefficient (Wildman–Crippen LogP) is 3.54. The van der Waals surface area contributed by atoms with Gasteiger partial charge in [0.05, 0.1) is 17.3 Å². The average Bonchev–Trinajstić information content (AvgIpc) is 2.46. The molecule has 2 rings (SSSR count). The fourth-order valence-electron chi connectivity index (χ4n) is 2.55. The Morgan fingerprint density at radius 2 is 2.20 bits per heavy atom. The van der Waals surface area contributed by atoms with Crippen molar-refractivity contribution in [1.29, 1.82) is 0 Å². The number of thioether (sulfide) groups is 1. The maximum absolute atomic E-state index is 12.0. The highest BCUT2D eigenvalue weighted by atomic mass is 35.5. The van der Waals surface area contributed by atoms with Crippen LogP contribution in [0.4, 0.5) is 5.69 Å². The quantitative estimate of drug-likeness (QED) is 0.873. The van der Waals surface area contributed by atoms with Gasteiger partial charge < -0.3 is 10.6 Å². The Hall–Kier alpha value is -0.870. The van der Waals surface area contributed by atoms with Crippen molar-refractivity contribution >= 4 is 35.0 Å². The van der Waals surface area contributed by atoms with Crippen molar-refractivity contribution in [1.82, 2.24) is 5.32 Å². The zero-order chi connectivity index (χ0) is 14.4. The molecule has 0 aromatic heterocycles. The van der Waals surface area contributed by atoms with Gasteiger partial charge in [-0.1, -0.05) is 30.2 Å². The number of carbonyl (C=O) groups is 1. The molecule has 0 aliphatic heterocycles. The molecule has 0 saturated heterocycles. The van der Waals surface area contributed by atoms with Crippen LogP contribution in [0.15, 0.2) is 24.3 Å². The van der Waals surface area contributed by atoms with E-state index in [0.29, 0.717) is 16.3 Å². The molecule has 0 bridgehead atoms. The summed E-state index contributed by atoms with van der Waals surface area (Å²) in [6.45, 7) is 0.268. The lowest BCUT2D eigenvalue weighted by atomic mass is 9.95. The third-order valence-corrected chi connectivity index (χ3v) is 5.06. The van der Waals surface area contributed by atoms with E-state index >= 15 is 0 Å². The molecule has 20 heavy (non-hydrogen) atoms. The van der Waals surface area contributed by atoms with Crippen LogP contribution >= 0.6 is 23.4 Å². The van der Waals surface area contributed by atoms with E-state index in [-0.39, 0.29) is 12.5 Å². The minimum atomic E-state index is 0.0386. The van der Waals surface area contributed by atoms with Crippen LogP contribution in [-0.4, -0.2) is 30.0 Å². The molecule has 5 heteroatoms. The highest BCUT2D eigenvalue weighted by Crippen LogP contribution is 2.26. The second kappa shape index (κ2) is 7.79. The summed E-state index contributed by atoms with van der Waals surface area (Å²) in [7, 11) is 0. The van der Waals surface area contributed by atoms with Gasteiger partial charge in [-0.15, -0.1) is 0 Å². The van der Waals surface area contributed by atoms with Crippen LogP contribution in [0.1, 0.15) is 25.7 Å². The molecule has 1 aromatic carbocycles. The lowest BCUT2D eigenvalue weighted by Gasteiger charge is -2.28. The second-order valence-electron chi connectivity index (χ2n) is 5.12. The van der Waals surface area contributed by atoms with Crippen molar-refractivity contribution in [2.75, 3.05) is 18.1 Å². The van der Waals surface area contributed by atoms with Crippen molar-refractivity contribution in [3.63, 3.8) is 0 Å². The van der Waals surface area contributed by atoms with Gasteiger partial charge in [0.2, 0.25) is 5.91 Å². The van der Waals surface area contributed by atoms with Gasteiger partial charge in [-0.25, -0.2) is 0 Å². The summed E-state index contributed by atoms with van der Waals surface area (Å²) in [5.41, 5.74) is 0.801. The maximum Gasteiger partial charge on any atom is 0.239 e. The number of halogens is 1. The third-order valence-electron chi connectivity index (χ3n) is 3.64. The highest BCUT2D eigenvalue weighted by molar-refractivity contribution is 7.99. The highest BCUT2D eigenvalue weighted by Gasteiger charge is 2.22. The Labute approximate surface area is 129 Å². The van der Waals surface area contributed by atoms with E-state index in [1.54, 1.807) is 0 Å². The summed E-state index contributed by atoms with van der Waals surface area (Å²) in [5, 5.41) is 7.52. The Bertz CT molecular complexity index is 455. The minimum absolute atomic E-state index is 0.0386. The number of hydrogen-bond acceptors (Lipinski definition) is 3. The number of nitrogens with one attached hydrogen (secondary N) is 2. The molecule has 1 aliphatic carbocycles. The van der Waals surface area contributed by atoms with E-state index in [1.165, 1.54) is 12.8 Å². The fourth-order valence-corrected chi connectivity index (χ4v) is 3.58. The molecular weight excluding hydrogens is 292 g/mol. The smallest absolute Gasteiger partial charge is 0.239 e. The van der Waals surface area contributed by atoms with Crippen molar-refractivity contribution in [3.8, 4) is 0 Å². The zero-order valence-corrected chi connectivity index (χ0v) is 13.3. The van der Waals surface area contributed by atoms with Gasteiger partial charge in [0, 0.05) is 11.3 Å². The second-order valence-corrected chi connectivity index (χ2v) is 6.67. The number of hydrogen-bond donors (Lipinski definition) is 2. The van der Waals surface area contributed by atoms with E-state index < -0.39 is 0 Å². The molecule has 2 atom stereocenters. The fraction of sp³-hybridized carbons (Fsp3) is 0.533. The first kappa shape index (κ1) is 15.5. The summed E-state index contributed by atoms with van der Waals surface area (Å²) < 4.78 is 0. The molecule has 1 aliphatic rings. The summed E-state index contributed by atoms with van der Waals surface area (Å²) in [5.74, 6) is 0.0386. The molecule has 3 nitrogen and oxygen atoms in total. The number of rotatable bonds is 5. The SMILES string of the molecule is CS[C@H]1CCC[C@@H](NC(=O)CNc2ccccc2Cl)C1. The first-order chi connectivity index (χ1) is 9.69. The minimum Gasteiger partial charge on any atom is -0.375 e. The summed E-state index contributed by atoms with van der Waals surface area (Å²) in [6.07, 6.45) is 6.79. The van der Waals surface area contributed by atoms with Crippen LogP contribution in [0, 0.1) is 0 Å². The third kappa shape index (κ3) is 4.60. The van der Waals surface area contributed by atoms with E-state index in [2.05, 4.69) is 16.9 Å². The Morgan fingerprint density at radius 3 is 2.95 bits per heavy atom. The number of amides is 1. The van der Waals surface area contributed by atoms with Crippen LogP contribution in [0.3, 0.4) is 0 Å². The van der Waals surface area contributed by atoms with Gasteiger partial charge in [0.1, 0.15) is 0 Å². The molecule has 1 saturated carbocycles. The van der Waals surface area contributed by atoms with E-state index in [0.717, 1.165) is 18.5 Å². The molecule has 0 spiro atoms. The molecule has 0 unspecified atom stereocenters. The Morgan fingerprint density at radius 1 is 1.40 bits per heavy atom. The zero-order valence-electron chi connectivity index (χ0n) is 11.7. The molecule has 0 radical (unpaired) electrons. The maximum atomic E-state index is 12.0.